The summed E-state index contributed by atoms with van der Waals surface area (Å²) in [5.41, 5.74) is -1.89. The van der Waals surface area contributed by atoms with Crippen LogP contribution in [0.25, 0.3) is 0 Å². The maximum Gasteiger partial charge on any atom is 0.225 e. The van der Waals surface area contributed by atoms with E-state index in [0.29, 0.717) is 0 Å². The van der Waals surface area contributed by atoms with Crippen molar-refractivity contribution in [1.29, 1.82) is 0 Å². The predicted octanol–water partition coefficient (Wildman–Crippen LogP) is 3.21. The van der Waals surface area contributed by atoms with Crippen LogP contribution in [0.3, 0.4) is 0 Å². The van der Waals surface area contributed by atoms with Crippen LogP contribution < -0.4 is 0 Å². The van der Waals surface area contributed by atoms with E-state index in [1.54, 1.807) is 0 Å². The fraction of sp³-hybridized carbons (Fsp3) is 0.850. The molecule has 0 unspecified atom stereocenters. The second-order valence-electron chi connectivity index (χ2n) is 9.71. The SMILES string of the molecule is C=C[C@@]1(C)CC[C@@H]2[C@@]3(C)C(=O)C(O)(O)CC(C)(C)[C@@H]3CC[C@@]2(C)O1. The lowest BCUT2D eigenvalue weighted by atomic mass is 9.43. The summed E-state index contributed by atoms with van der Waals surface area (Å²) < 4.78 is 6.48. The van der Waals surface area contributed by atoms with Gasteiger partial charge in [0.15, 0.2) is 5.78 Å². The molecule has 0 aromatic heterocycles. The van der Waals surface area contributed by atoms with Crippen LogP contribution in [0.15, 0.2) is 12.7 Å². The van der Waals surface area contributed by atoms with E-state index in [4.69, 9.17) is 4.74 Å². The second-order valence-corrected chi connectivity index (χ2v) is 9.71. The summed E-state index contributed by atoms with van der Waals surface area (Å²) in [5.74, 6) is -2.53. The Morgan fingerprint density at radius 3 is 2.25 bits per heavy atom. The van der Waals surface area contributed by atoms with Gasteiger partial charge in [-0.25, -0.2) is 0 Å². The predicted molar refractivity (Wildman–Crippen MR) is 92.2 cm³/mol. The monoisotopic (exact) mass is 336 g/mol. The molecule has 1 heterocycles. The standard InChI is InChI=1S/C20H32O4/c1-7-17(4)10-8-14-18(5,24-17)11-9-13-16(2,3)12-20(22,23)15(21)19(13,14)6/h7,13-14,22-23H,1,8-12H2,2-6H3/t13-,14-,17-,18+,19-/m0/s1. The molecule has 0 spiro atoms. The van der Waals surface area contributed by atoms with Gasteiger partial charge in [0.25, 0.3) is 0 Å². The number of hydrogen-bond donors (Lipinski definition) is 2. The Labute approximate surface area is 145 Å². The minimum absolute atomic E-state index is 0.0116. The summed E-state index contributed by atoms with van der Waals surface area (Å²) >= 11 is 0. The van der Waals surface area contributed by atoms with Crippen molar-refractivity contribution in [3.05, 3.63) is 12.7 Å². The van der Waals surface area contributed by atoms with Gasteiger partial charge in [-0.1, -0.05) is 26.8 Å². The molecule has 4 heteroatoms. The number of carbonyl (C=O) groups excluding carboxylic acids is 1. The first-order valence-electron chi connectivity index (χ1n) is 9.14. The summed E-state index contributed by atoms with van der Waals surface area (Å²) in [7, 11) is 0. The highest BCUT2D eigenvalue weighted by atomic mass is 16.5. The van der Waals surface area contributed by atoms with E-state index in [2.05, 4.69) is 27.4 Å². The molecule has 2 N–H and O–H groups in total. The Kier molecular flexibility index (Phi) is 3.71. The molecule has 0 radical (unpaired) electrons. The molecule has 24 heavy (non-hydrogen) atoms. The number of rotatable bonds is 1. The number of aliphatic hydroxyl groups is 2. The van der Waals surface area contributed by atoms with Gasteiger partial charge in [0.2, 0.25) is 5.79 Å². The number of carbonyl (C=O) groups is 1. The van der Waals surface area contributed by atoms with Crippen molar-refractivity contribution in [1.82, 2.24) is 0 Å². The van der Waals surface area contributed by atoms with E-state index in [1.807, 2.05) is 19.9 Å². The van der Waals surface area contributed by atoms with E-state index < -0.39 is 22.6 Å². The third-order valence-corrected chi connectivity index (χ3v) is 7.44. The van der Waals surface area contributed by atoms with Crippen LogP contribution in [-0.4, -0.2) is 33.0 Å². The Morgan fingerprint density at radius 1 is 1.08 bits per heavy atom. The Hall–Kier alpha value is -0.710. The zero-order valence-electron chi connectivity index (χ0n) is 15.7. The molecule has 5 atom stereocenters. The molecule has 2 aliphatic carbocycles. The van der Waals surface area contributed by atoms with Gasteiger partial charge in [-0.05, 0) is 50.9 Å². The molecule has 3 fully saturated rings. The lowest BCUT2D eigenvalue weighted by molar-refractivity contribution is -0.277. The average molecular weight is 336 g/mol. The molecule has 4 nitrogen and oxygen atoms in total. The topological polar surface area (TPSA) is 66.8 Å². The summed E-state index contributed by atoms with van der Waals surface area (Å²) in [6.45, 7) is 14.1. The van der Waals surface area contributed by atoms with Gasteiger partial charge >= 0.3 is 0 Å². The van der Waals surface area contributed by atoms with Crippen LogP contribution in [0, 0.1) is 22.7 Å². The van der Waals surface area contributed by atoms with Gasteiger partial charge in [0.05, 0.1) is 11.2 Å². The van der Waals surface area contributed by atoms with E-state index in [1.165, 1.54) is 0 Å². The zero-order valence-corrected chi connectivity index (χ0v) is 15.7. The van der Waals surface area contributed by atoms with Gasteiger partial charge in [-0.3, -0.25) is 4.79 Å². The highest BCUT2D eigenvalue weighted by Gasteiger charge is 2.69. The molecule has 0 aromatic rings. The van der Waals surface area contributed by atoms with Crippen LogP contribution in [0.2, 0.25) is 0 Å². The first-order chi connectivity index (χ1) is 10.8. The van der Waals surface area contributed by atoms with E-state index in [-0.39, 0.29) is 29.3 Å². The van der Waals surface area contributed by atoms with Gasteiger partial charge < -0.3 is 14.9 Å². The Morgan fingerprint density at radius 2 is 1.67 bits per heavy atom. The van der Waals surface area contributed by atoms with Gasteiger partial charge in [-0.15, -0.1) is 6.58 Å². The summed E-state index contributed by atoms with van der Waals surface area (Å²) in [5, 5.41) is 20.9. The van der Waals surface area contributed by atoms with Crippen molar-refractivity contribution >= 4 is 5.78 Å². The smallest absolute Gasteiger partial charge is 0.225 e. The van der Waals surface area contributed by atoms with E-state index >= 15 is 0 Å². The largest absolute Gasteiger partial charge is 0.365 e. The minimum atomic E-state index is -2.24. The third kappa shape index (κ3) is 2.26. The van der Waals surface area contributed by atoms with Crippen molar-refractivity contribution in [3.8, 4) is 0 Å². The van der Waals surface area contributed by atoms with Crippen molar-refractivity contribution in [2.75, 3.05) is 0 Å². The summed E-state index contributed by atoms with van der Waals surface area (Å²) in [6, 6.07) is 0. The highest BCUT2D eigenvalue weighted by molar-refractivity contribution is 5.92. The van der Waals surface area contributed by atoms with Crippen LogP contribution >= 0.6 is 0 Å². The lowest BCUT2D eigenvalue weighted by Gasteiger charge is -2.65. The van der Waals surface area contributed by atoms with Crippen LogP contribution in [0.4, 0.5) is 0 Å². The van der Waals surface area contributed by atoms with Crippen LogP contribution in [-0.2, 0) is 9.53 Å². The fourth-order valence-corrected chi connectivity index (χ4v) is 6.46. The fourth-order valence-electron chi connectivity index (χ4n) is 6.46. The maximum absolute atomic E-state index is 13.1. The zero-order chi connectivity index (χ0) is 18.2. The molecule has 0 amide bonds. The van der Waals surface area contributed by atoms with Crippen molar-refractivity contribution in [2.45, 2.75) is 83.7 Å². The first kappa shape index (κ1) is 18.1. The molecular formula is C20H32O4. The molecule has 1 saturated heterocycles. The lowest BCUT2D eigenvalue weighted by Crippen LogP contribution is -2.70. The number of ether oxygens (including phenoxy) is 1. The molecular weight excluding hydrogens is 304 g/mol. The van der Waals surface area contributed by atoms with Gasteiger partial charge in [0, 0.05) is 17.8 Å². The molecule has 1 aliphatic heterocycles. The average Bonchev–Trinajstić information content (AvgIpc) is 2.43. The van der Waals surface area contributed by atoms with Crippen molar-refractivity contribution in [2.24, 2.45) is 22.7 Å². The van der Waals surface area contributed by atoms with E-state index in [9.17, 15) is 15.0 Å². The quantitative estimate of drug-likeness (QED) is 0.570. The van der Waals surface area contributed by atoms with Crippen LogP contribution in [0.1, 0.15) is 66.7 Å². The van der Waals surface area contributed by atoms with Gasteiger partial charge in [-0.2, -0.15) is 0 Å². The molecule has 2 saturated carbocycles. The van der Waals surface area contributed by atoms with E-state index in [0.717, 1.165) is 25.7 Å². The maximum atomic E-state index is 13.1. The number of fused-ring (bicyclic) bond motifs is 3. The molecule has 0 bridgehead atoms. The minimum Gasteiger partial charge on any atom is -0.365 e. The van der Waals surface area contributed by atoms with Crippen LogP contribution in [0.5, 0.6) is 0 Å². The van der Waals surface area contributed by atoms with Crippen molar-refractivity contribution < 1.29 is 19.7 Å². The highest BCUT2D eigenvalue weighted by Crippen LogP contribution is 2.65. The summed E-state index contributed by atoms with van der Waals surface area (Å²) in [4.78, 5) is 13.1. The molecule has 0 aromatic carbocycles. The number of hydrogen-bond acceptors (Lipinski definition) is 4. The molecule has 3 aliphatic rings. The third-order valence-electron chi connectivity index (χ3n) is 7.44. The normalized spacial score (nSPS) is 49.9. The van der Waals surface area contributed by atoms with Crippen molar-refractivity contribution in [3.63, 3.8) is 0 Å². The number of Topliss-reactive ketones (excluding diaryl/α,β-unsaturated/α-hetero) is 1. The Balaban J connectivity index is 2.08. The molecule has 3 rings (SSSR count). The first-order valence-corrected chi connectivity index (χ1v) is 9.14. The van der Waals surface area contributed by atoms with Gasteiger partial charge in [0.1, 0.15) is 0 Å². The molecule has 136 valence electrons. The summed E-state index contributed by atoms with van der Waals surface area (Å²) in [6.07, 6.45) is 5.36. The number of ketones is 1. The Bertz CT molecular complexity index is 580. The second kappa shape index (κ2) is 4.93.